The molecule has 0 aromatic carbocycles. The first-order chi connectivity index (χ1) is 5.48. The fraction of sp³-hybridized carbons (Fsp3) is 0.889. The average molecular weight is 191 g/mol. The van der Waals surface area contributed by atoms with Gasteiger partial charge in [0.1, 0.15) is 6.17 Å². The number of alkyl halides is 1. The minimum absolute atomic E-state index is 0.256. The third kappa shape index (κ3) is 0.765. The van der Waals surface area contributed by atoms with E-state index in [1.165, 1.54) is 0 Å². The third-order valence-corrected chi connectivity index (χ3v) is 9.24. The van der Waals surface area contributed by atoms with Crippen LogP contribution in [-0.4, -0.2) is 35.3 Å². The summed E-state index contributed by atoms with van der Waals surface area (Å²) in [6, 6.07) is 0. The normalized spacial score (nSPS) is 50.6. The minimum atomic E-state index is -1.75. The predicted octanol–water partition coefficient (Wildman–Crippen LogP) is 1.80. The van der Waals surface area contributed by atoms with Crippen LogP contribution in [-0.2, 0) is 0 Å². The monoisotopic (exact) mass is 191 g/mol. The van der Waals surface area contributed by atoms with Crippen LogP contribution >= 0.6 is 8.94 Å². The van der Waals surface area contributed by atoms with E-state index < -0.39 is 15.1 Å². The Morgan fingerprint density at radius 1 is 1.58 bits per heavy atom. The standard InChI is InChI=1S/C9H18FNS/c1-4-11-12(2,3)7-5-8(10)9(12)6-7/h7-9,11H,2,4-6H2,1,3H3. The second kappa shape index (κ2) is 2.13. The lowest BCUT2D eigenvalue weighted by molar-refractivity contribution is 0.355. The predicted molar refractivity (Wildman–Crippen MR) is 56.0 cm³/mol. The van der Waals surface area contributed by atoms with Gasteiger partial charge in [0.25, 0.3) is 0 Å². The zero-order valence-corrected chi connectivity index (χ0v) is 8.66. The molecule has 2 heterocycles. The van der Waals surface area contributed by atoms with Gasteiger partial charge in [-0.1, -0.05) is 12.8 Å². The molecule has 3 fully saturated rings. The quantitative estimate of drug-likeness (QED) is 0.656. The van der Waals surface area contributed by atoms with Crippen LogP contribution in [0.3, 0.4) is 0 Å². The Labute approximate surface area is 73.7 Å². The lowest BCUT2D eigenvalue weighted by Crippen LogP contribution is -2.48. The molecule has 3 aliphatic rings. The van der Waals surface area contributed by atoms with Gasteiger partial charge in [0.05, 0.1) is 0 Å². The SMILES string of the molecule is C=S1(C)(NCC)C2CC(F)C1C2. The van der Waals surface area contributed by atoms with Gasteiger partial charge in [-0.3, -0.25) is 4.72 Å². The molecule has 1 saturated carbocycles. The van der Waals surface area contributed by atoms with Crippen LogP contribution in [0.25, 0.3) is 0 Å². The van der Waals surface area contributed by atoms with Gasteiger partial charge in [0.2, 0.25) is 0 Å². The fourth-order valence-corrected chi connectivity index (χ4v) is 7.46. The zero-order valence-electron chi connectivity index (χ0n) is 7.85. The van der Waals surface area contributed by atoms with E-state index in [1.54, 1.807) is 0 Å². The van der Waals surface area contributed by atoms with Gasteiger partial charge < -0.3 is 0 Å². The number of fused-ring (bicyclic) bond motifs is 1. The Morgan fingerprint density at radius 3 is 2.58 bits per heavy atom. The van der Waals surface area contributed by atoms with Crippen molar-refractivity contribution in [3.05, 3.63) is 0 Å². The van der Waals surface area contributed by atoms with E-state index in [-0.39, 0.29) is 5.25 Å². The Balaban J connectivity index is 2.30. The second-order valence-electron chi connectivity index (χ2n) is 4.46. The number of nitrogens with one attached hydrogen (secondary N) is 1. The summed E-state index contributed by atoms with van der Waals surface area (Å²) in [6.07, 6.45) is 3.47. The molecule has 0 aromatic rings. The summed E-state index contributed by atoms with van der Waals surface area (Å²) in [4.78, 5) is 0. The zero-order chi connectivity index (χ0) is 9.01. The summed E-state index contributed by atoms with van der Waals surface area (Å²) in [5.74, 6) is 4.33. The van der Waals surface area contributed by atoms with Crippen molar-refractivity contribution in [3.8, 4) is 0 Å². The molecule has 0 spiro atoms. The van der Waals surface area contributed by atoms with Gasteiger partial charge in [0.15, 0.2) is 0 Å². The molecule has 1 nitrogen and oxygen atoms in total. The van der Waals surface area contributed by atoms with Crippen molar-refractivity contribution in [2.24, 2.45) is 0 Å². The van der Waals surface area contributed by atoms with Crippen molar-refractivity contribution >= 4 is 14.8 Å². The average Bonchev–Trinajstić information content (AvgIpc) is 2.42. The van der Waals surface area contributed by atoms with Crippen molar-refractivity contribution in [2.45, 2.75) is 36.4 Å². The van der Waals surface area contributed by atoms with Crippen molar-refractivity contribution in [1.82, 2.24) is 4.72 Å². The molecule has 2 bridgehead atoms. The minimum Gasteiger partial charge on any atom is -0.285 e. The van der Waals surface area contributed by atoms with Gasteiger partial charge in [-0.15, -0.1) is 0 Å². The molecule has 2 aliphatic heterocycles. The van der Waals surface area contributed by atoms with Crippen LogP contribution in [0.1, 0.15) is 19.8 Å². The second-order valence-corrected chi connectivity index (χ2v) is 9.65. The van der Waals surface area contributed by atoms with Gasteiger partial charge in [-0.25, -0.2) is 13.3 Å². The molecule has 3 rings (SSSR count). The fourth-order valence-electron chi connectivity index (χ4n) is 2.88. The Bertz CT molecular complexity index is 276. The van der Waals surface area contributed by atoms with Crippen molar-refractivity contribution in [1.29, 1.82) is 0 Å². The Hall–Kier alpha value is 0.110. The van der Waals surface area contributed by atoms with Crippen LogP contribution in [0.2, 0.25) is 0 Å². The molecular weight excluding hydrogens is 173 g/mol. The van der Waals surface area contributed by atoms with E-state index in [2.05, 4.69) is 23.8 Å². The topological polar surface area (TPSA) is 12.0 Å². The molecule has 0 aromatic heterocycles. The summed E-state index contributed by atoms with van der Waals surface area (Å²) in [5.41, 5.74) is 0. The molecule has 0 radical (unpaired) electrons. The van der Waals surface area contributed by atoms with E-state index in [0.29, 0.717) is 5.25 Å². The first-order valence-electron chi connectivity index (χ1n) is 4.62. The molecule has 3 unspecified atom stereocenters. The summed E-state index contributed by atoms with van der Waals surface area (Å²) in [5, 5.41) is 0.814. The summed E-state index contributed by atoms with van der Waals surface area (Å²) >= 11 is 0. The largest absolute Gasteiger partial charge is 0.285 e. The van der Waals surface area contributed by atoms with Gasteiger partial charge in [-0.05, 0) is 19.1 Å². The Morgan fingerprint density at radius 2 is 2.25 bits per heavy atom. The van der Waals surface area contributed by atoms with Crippen LogP contribution in [0.15, 0.2) is 0 Å². The van der Waals surface area contributed by atoms with Crippen molar-refractivity contribution < 1.29 is 4.39 Å². The molecule has 0 amide bonds. The molecular formula is C9H18FNS. The molecule has 1 N–H and O–H groups in total. The summed E-state index contributed by atoms with van der Waals surface area (Å²) in [6.45, 7) is 3.02. The Kier molecular flexibility index (Phi) is 1.54. The molecule has 12 heavy (non-hydrogen) atoms. The number of hydrogen-bond donors (Lipinski definition) is 1. The number of halogens is 1. The lowest BCUT2D eigenvalue weighted by Gasteiger charge is -2.61. The van der Waals surface area contributed by atoms with E-state index in [9.17, 15) is 4.39 Å². The highest BCUT2D eigenvalue weighted by Crippen LogP contribution is 2.76. The third-order valence-electron chi connectivity index (χ3n) is 3.72. The number of rotatable bonds is 2. The maximum atomic E-state index is 13.4. The smallest absolute Gasteiger partial charge is 0.112 e. The van der Waals surface area contributed by atoms with Gasteiger partial charge in [-0.2, -0.15) is 0 Å². The van der Waals surface area contributed by atoms with Crippen LogP contribution < -0.4 is 4.72 Å². The summed E-state index contributed by atoms with van der Waals surface area (Å²) in [7, 11) is -1.75. The molecule has 72 valence electrons. The first-order valence-corrected chi connectivity index (χ1v) is 7.36. The van der Waals surface area contributed by atoms with Crippen LogP contribution in [0.4, 0.5) is 4.39 Å². The number of hydrogen-bond acceptors (Lipinski definition) is 1. The molecule has 2 saturated heterocycles. The molecule has 3 heteroatoms. The highest BCUT2D eigenvalue weighted by Gasteiger charge is 2.61. The van der Waals surface area contributed by atoms with Crippen molar-refractivity contribution in [3.63, 3.8) is 0 Å². The maximum Gasteiger partial charge on any atom is 0.112 e. The lowest BCUT2D eigenvalue weighted by atomic mass is 10.3. The van der Waals surface area contributed by atoms with E-state index in [4.69, 9.17) is 0 Å². The van der Waals surface area contributed by atoms with Crippen molar-refractivity contribution in [2.75, 3.05) is 12.8 Å². The molecule has 1 aliphatic carbocycles. The highest BCUT2D eigenvalue weighted by atomic mass is 32.3. The van der Waals surface area contributed by atoms with E-state index >= 15 is 0 Å². The van der Waals surface area contributed by atoms with E-state index in [0.717, 1.165) is 19.4 Å². The summed E-state index contributed by atoms with van der Waals surface area (Å²) < 4.78 is 16.9. The van der Waals surface area contributed by atoms with E-state index in [1.807, 2.05) is 0 Å². The van der Waals surface area contributed by atoms with Gasteiger partial charge >= 0.3 is 0 Å². The maximum absolute atomic E-state index is 13.4. The highest BCUT2D eigenvalue weighted by molar-refractivity contribution is 8.46. The van der Waals surface area contributed by atoms with Crippen LogP contribution in [0, 0.1) is 0 Å². The first kappa shape index (κ1) is 8.70. The van der Waals surface area contributed by atoms with Crippen LogP contribution in [0.5, 0.6) is 0 Å². The molecule has 3 atom stereocenters. The van der Waals surface area contributed by atoms with Gasteiger partial charge in [0, 0.05) is 17.0 Å².